The normalized spacial score (nSPS) is 10.6. The Hall–Kier alpha value is -2.95. The van der Waals surface area contributed by atoms with E-state index >= 15 is 0 Å². The van der Waals surface area contributed by atoms with Gasteiger partial charge in [-0.15, -0.1) is 0 Å². The fourth-order valence-corrected chi connectivity index (χ4v) is 2.73. The zero-order chi connectivity index (χ0) is 17.6. The van der Waals surface area contributed by atoms with Gasteiger partial charge in [-0.2, -0.15) is 9.97 Å². The summed E-state index contributed by atoms with van der Waals surface area (Å²) >= 11 is 0. The van der Waals surface area contributed by atoms with Crippen molar-refractivity contribution in [3.05, 3.63) is 54.6 Å². The molecule has 0 aliphatic heterocycles. The summed E-state index contributed by atoms with van der Waals surface area (Å²) in [7, 11) is 0. The molecule has 0 radical (unpaired) electrons. The van der Waals surface area contributed by atoms with Crippen LogP contribution in [0.5, 0.6) is 6.01 Å². The Balaban J connectivity index is 1.93. The second-order valence-corrected chi connectivity index (χ2v) is 5.59. The molecular weight excluding hydrogens is 314 g/mol. The Bertz CT molecular complexity index is 861. The molecule has 0 saturated carbocycles. The Labute approximate surface area is 147 Å². The van der Waals surface area contributed by atoms with Crippen LogP contribution in [0.4, 0.5) is 0 Å². The summed E-state index contributed by atoms with van der Waals surface area (Å²) in [6.07, 6.45) is 0. The Kier molecular flexibility index (Phi) is 5.23. The molecule has 3 aromatic rings. The molecule has 1 heterocycles. The molecule has 128 valence electrons. The number of para-hydroxylation sites is 1. The standard InChI is InChI=1S/C20H21N3O2/c1-3-23(4-2)18(24)14-25-20-21-17-13-9-8-12-16(17)19(22-20)15-10-6-5-7-11-15/h5-13H,3-4,14H2,1-2H3. The third-order valence-corrected chi connectivity index (χ3v) is 4.07. The van der Waals surface area contributed by atoms with Crippen molar-refractivity contribution in [1.82, 2.24) is 14.9 Å². The number of likely N-dealkylation sites (N-methyl/N-ethyl adjacent to an activating group) is 1. The lowest BCUT2D eigenvalue weighted by atomic mass is 10.1. The van der Waals surface area contributed by atoms with E-state index in [1.54, 1.807) is 4.90 Å². The molecule has 1 aromatic heterocycles. The van der Waals surface area contributed by atoms with Crippen LogP contribution in [0.15, 0.2) is 54.6 Å². The first-order valence-electron chi connectivity index (χ1n) is 8.45. The highest BCUT2D eigenvalue weighted by Gasteiger charge is 2.14. The molecule has 0 aliphatic rings. The van der Waals surface area contributed by atoms with Crippen LogP contribution < -0.4 is 4.74 Å². The minimum Gasteiger partial charge on any atom is -0.453 e. The number of rotatable bonds is 6. The molecule has 0 fully saturated rings. The molecule has 0 aliphatic carbocycles. The van der Waals surface area contributed by atoms with E-state index in [0.29, 0.717) is 13.1 Å². The largest absolute Gasteiger partial charge is 0.453 e. The molecule has 1 amide bonds. The van der Waals surface area contributed by atoms with Crippen molar-refractivity contribution in [3.8, 4) is 17.3 Å². The Morgan fingerprint density at radius 1 is 0.960 bits per heavy atom. The Morgan fingerprint density at radius 3 is 2.36 bits per heavy atom. The highest BCUT2D eigenvalue weighted by atomic mass is 16.5. The van der Waals surface area contributed by atoms with Gasteiger partial charge in [-0.3, -0.25) is 4.79 Å². The molecule has 0 bridgehead atoms. The van der Waals surface area contributed by atoms with Gasteiger partial charge in [-0.1, -0.05) is 48.5 Å². The van der Waals surface area contributed by atoms with Gasteiger partial charge in [0.2, 0.25) is 0 Å². The van der Waals surface area contributed by atoms with Gasteiger partial charge >= 0.3 is 6.01 Å². The van der Waals surface area contributed by atoms with E-state index < -0.39 is 0 Å². The van der Waals surface area contributed by atoms with Crippen LogP contribution in [0, 0.1) is 0 Å². The highest BCUT2D eigenvalue weighted by Crippen LogP contribution is 2.27. The number of hydrogen-bond acceptors (Lipinski definition) is 4. The maximum absolute atomic E-state index is 12.1. The first-order valence-corrected chi connectivity index (χ1v) is 8.45. The van der Waals surface area contributed by atoms with Gasteiger partial charge in [0, 0.05) is 24.0 Å². The molecule has 2 aromatic carbocycles. The first-order chi connectivity index (χ1) is 12.2. The smallest absolute Gasteiger partial charge is 0.318 e. The van der Waals surface area contributed by atoms with Crippen molar-refractivity contribution in [2.24, 2.45) is 0 Å². The second kappa shape index (κ2) is 7.75. The van der Waals surface area contributed by atoms with Crippen LogP contribution >= 0.6 is 0 Å². The molecule has 0 atom stereocenters. The second-order valence-electron chi connectivity index (χ2n) is 5.59. The average Bonchev–Trinajstić information content (AvgIpc) is 2.67. The average molecular weight is 335 g/mol. The zero-order valence-electron chi connectivity index (χ0n) is 14.5. The number of amides is 1. The van der Waals surface area contributed by atoms with Crippen molar-refractivity contribution in [1.29, 1.82) is 0 Å². The van der Waals surface area contributed by atoms with Crippen LogP contribution in [-0.4, -0.2) is 40.5 Å². The predicted octanol–water partition coefficient (Wildman–Crippen LogP) is 3.54. The molecule has 0 N–H and O–H groups in total. The van der Waals surface area contributed by atoms with Crippen molar-refractivity contribution in [2.45, 2.75) is 13.8 Å². The van der Waals surface area contributed by atoms with E-state index in [2.05, 4.69) is 9.97 Å². The van der Waals surface area contributed by atoms with Crippen molar-refractivity contribution in [2.75, 3.05) is 19.7 Å². The lowest BCUT2D eigenvalue weighted by molar-refractivity contribution is -0.133. The lowest BCUT2D eigenvalue weighted by Crippen LogP contribution is -2.34. The van der Waals surface area contributed by atoms with Gasteiger partial charge in [0.05, 0.1) is 11.2 Å². The van der Waals surface area contributed by atoms with Gasteiger partial charge in [0.1, 0.15) is 0 Å². The molecule has 25 heavy (non-hydrogen) atoms. The van der Waals surface area contributed by atoms with Crippen LogP contribution in [0.3, 0.4) is 0 Å². The SMILES string of the molecule is CCN(CC)C(=O)COc1nc(-c2ccccc2)c2ccccc2n1. The Morgan fingerprint density at radius 2 is 1.64 bits per heavy atom. The third kappa shape index (κ3) is 3.76. The highest BCUT2D eigenvalue weighted by molar-refractivity contribution is 5.92. The summed E-state index contributed by atoms with van der Waals surface area (Å²) in [5.41, 5.74) is 2.58. The zero-order valence-corrected chi connectivity index (χ0v) is 14.5. The summed E-state index contributed by atoms with van der Waals surface area (Å²) in [4.78, 5) is 22.9. The molecule has 3 rings (SSSR count). The molecule has 0 unspecified atom stereocenters. The molecule has 0 saturated heterocycles. The summed E-state index contributed by atoms with van der Waals surface area (Å²) in [5.74, 6) is -0.0666. The van der Waals surface area contributed by atoms with Crippen LogP contribution in [0.25, 0.3) is 22.2 Å². The number of nitrogens with zero attached hydrogens (tertiary/aromatic N) is 3. The van der Waals surface area contributed by atoms with Crippen molar-refractivity contribution < 1.29 is 9.53 Å². The monoisotopic (exact) mass is 335 g/mol. The first kappa shape index (κ1) is 16.9. The van der Waals surface area contributed by atoms with Crippen molar-refractivity contribution >= 4 is 16.8 Å². The number of hydrogen-bond donors (Lipinski definition) is 0. The number of fused-ring (bicyclic) bond motifs is 1. The van der Waals surface area contributed by atoms with E-state index in [0.717, 1.165) is 22.2 Å². The van der Waals surface area contributed by atoms with Gasteiger partial charge in [0.25, 0.3) is 5.91 Å². The summed E-state index contributed by atoms with van der Waals surface area (Å²) in [6, 6.07) is 17.9. The minimum absolute atomic E-state index is 0.0613. The summed E-state index contributed by atoms with van der Waals surface area (Å²) in [6.45, 7) is 5.15. The van der Waals surface area contributed by atoms with Gasteiger partial charge in [-0.05, 0) is 19.9 Å². The van der Waals surface area contributed by atoms with E-state index in [4.69, 9.17) is 4.74 Å². The summed E-state index contributed by atoms with van der Waals surface area (Å²) in [5, 5.41) is 0.955. The van der Waals surface area contributed by atoms with E-state index in [9.17, 15) is 4.79 Å². The van der Waals surface area contributed by atoms with Crippen LogP contribution in [-0.2, 0) is 4.79 Å². The fourth-order valence-electron chi connectivity index (χ4n) is 2.73. The molecule has 5 heteroatoms. The fraction of sp³-hybridized carbons (Fsp3) is 0.250. The number of aromatic nitrogens is 2. The van der Waals surface area contributed by atoms with E-state index in [1.165, 1.54) is 0 Å². The number of benzene rings is 2. The topological polar surface area (TPSA) is 55.3 Å². The van der Waals surface area contributed by atoms with E-state index in [-0.39, 0.29) is 18.5 Å². The quantitative estimate of drug-likeness (QED) is 0.691. The van der Waals surface area contributed by atoms with Crippen LogP contribution in [0.2, 0.25) is 0 Å². The lowest BCUT2D eigenvalue weighted by Gasteiger charge is -2.18. The third-order valence-electron chi connectivity index (χ3n) is 4.07. The number of carbonyl (C=O) groups excluding carboxylic acids is 1. The van der Waals surface area contributed by atoms with Crippen molar-refractivity contribution in [3.63, 3.8) is 0 Å². The predicted molar refractivity (Wildman–Crippen MR) is 98.4 cm³/mol. The minimum atomic E-state index is -0.0666. The molecular formula is C20H21N3O2. The number of ether oxygens (including phenoxy) is 1. The maximum Gasteiger partial charge on any atom is 0.318 e. The molecule has 0 spiro atoms. The van der Waals surface area contributed by atoms with Crippen LogP contribution in [0.1, 0.15) is 13.8 Å². The number of carbonyl (C=O) groups is 1. The molecule has 5 nitrogen and oxygen atoms in total. The van der Waals surface area contributed by atoms with E-state index in [1.807, 2.05) is 68.4 Å². The van der Waals surface area contributed by atoms with Gasteiger partial charge in [0.15, 0.2) is 6.61 Å². The maximum atomic E-state index is 12.1. The van der Waals surface area contributed by atoms with Gasteiger partial charge in [-0.25, -0.2) is 0 Å². The summed E-state index contributed by atoms with van der Waals surface area (Å²) < 4.78 is 5.61. The van der Waals surface area contributed by atoms with Gasteiger partial charge < -0.3 is 9.64 Å².